The molecule has 0 radical (unpaired) electrons. The predicted octanol–water partition coefficient (Wildman–Crippen LogP) is 1.90. The molecule has 0 aliphatic rings. The Hall–Kier alpha value is -1.35. The molecule has 0 aliphatic heterocycles. The van der Waals surface area contributed by atoms with Crippen molar-refractivity contribution >= 4 is 35.8 Å². The van der Waals surface area contributed by atoms with Gasteiger partial charge in [-0.1, -0.05) is 30.3 Å². The number of nitrogens with one attached hydrogen (secondary N) is 3. The number of benzene rings is 1. The fourth-order valence-corrected chi connectivity index (χ4v) is 1.85. The van der Waals surface area contributed by atoms with Crippen LogP contribution in [0, 0.1) is 0 Å². The van der Waals surface area contributed by atoms with E-state index in [9.17, 15) is 4.79 Å². The second-order valence-electron chi connectivity index (χ2n) is 6.19. The van der Waals surface area contributed by atoms with Crippen LogP contribution in [0.4, 0.5) is 0 Å². The highest BCUT2D eigenvalue weighted by Gasteiger charge is 2.13. The normalized spacial score (nSPS) is 11.4. The maximum absolute atomic E-state index is 11.7. The molecule has 0 heterocycles. The molecular formula is C17H29IN4O2. The minimum Gasteiger partial charge on any atom is -0.375 e. The molecule has 1 aromatic carbocycles. The van der Waals surface area contributed by atoms with Crippen molar-refractivity contribution < 1.29 is 9.53 Å². The number of ether oxygens (including phenoxy) is 1. The van der Waals surface area contributed by atoms with Gasteiger partial charge in [-0.05, 0) is 26.3 Å². The second-order valence-corrected chi connectivity index (χ2v) is 6.19. The minimum absolute atomic E-state index is 0. The summed E-state index contributed by atoms with van der Waals surface area (Å²) in [5.74, 6) is 0.512. The van der Waals surface area contributed by atoms with E-state index in [4.69, 9.17) is 4.74 Å². The van der Waals surface area contributed by atoms with Crippen LogP contribution < -0.4 is 16.0 Å². The van der Waals surface area contributed by atoms with Gasteiger partial charge in [0.15, 0.2) is 5.96 Å². The summed E-state index contributed by atoms with van der Waals surface area (Å²) < 4.78 is 5.58. The van der Waals surface area contributed by atoms with E-state index in [1.807, 2.05) is 51.1 Å². The van der Waals surface area contributed by atoms with Crippen LogP contribution in [0.25, 0.3) is 0 Å². The number of guanidine groups is 1. The quantitative estimate of drug-likeness (QED) is 0.258. The van der Waals surface area contributed by atoms with Crippen LogP contribution in [0.2, 0.25) is 0 Å². The Balaban J connectivity index is 0.00000529. The zero-order valence-electron chi connectivity index (χ0n) is 14.9. The molecule has 3 N–H and O–H groups in total. The number of carbonyl (C=O) groups is 1. The van der Waals surface area contributed by atoms with E-state index in [1.54, 1.807) is 7.05 Å². The van der Waals surface area contributed by atoms with Crippen molar-refractivity contribution in [2.75, 3.05) is 26.7 Å². The third kappa shape index (κ3) is 11.2. The number of hydrogen-bond donors (Lipinski definition) is 3. The van der Waals surface area contributed by atoms with Crippen molar-refractivity contribution in [2.45, 2.75) is 32.9 Å². The topological polar surface area (TPSA) is 74.8 Å². The fourth-order valence-electron chi connectivity index (χ4n) is 1.85. The van der Waals surface area contributed by atoms with Gasteiger partial charge in [0, 0.05) is 19.1 Å². The van der Waals surface area contributed by atoms with Gasteiger partial charge in [0.1, 0.15) is 0 Å². The van der Waals surface area contributed by atoms with Crippen LogP contribution in [0.15, 0.2) is 35.3 Å². The molecular weight excluding hydrogens is 419 g/mol. The van der Waals surface area contributed by atoms with Gasteiger partial charge in [0.05, 0.1) is 19.8 Å². The van der Waals surface area contributed by atoms with Crippen molar-refractivity contribution in [3.05, 3.63) is 35.9 Å². The monoisotopic (exact) mass is 448 g/mol. The standard InChI is InChI=1S/C17H28N4O2.HI/c1-17(2,3)21-15(22)12-20-16(18-4)19-10-11-23-13-14-8-6-5-7-9-14;/h5-9H,10-13H2,1-4H3,(H,21,22)(H2,18,19,20);1H. The van der Waals surface area contributed by atoms with Gasteiger partial charge in [0.2, 0.25) is 5.91 Å². The molecule has 0 unspecified atom stereocenters. The van der Waals surface area contributed by atoms with E-state index in [2.05, 4.69) is 20.9 Å². The second kappa shape index (κ2) is 12.1. The van der Waals surface area contributed by atoms with Crippen molar-refractivity contribution in [1.29, 1.82) is 0 Å². The first kappa shape index (κ1) is 22.6. The summed E-state index contributed by atoms with van der Waals surface area (Å²) in [4.78, 5) is 15.8. The SMILES string of the molecule is CN=C(NCCOCc1ccccc1)NCC(=O)NC(C)(C)C.I. The molecule has 1 aromatic rings. The van der Waals surface area contributed by atoms with Gasteiger partial charge in [-0.3, -0.25) is 9.79 Å². The number of rotatable bonds is 7. The lowest BCUT2D eigenvalue weighted by Crippen LogP contribution is -2.48. The predicted molar refractivity (Wildman–Crippen MR) is 109 cm³/mol. The first-order chi connectivity index (χ1) is 10.9. The van der Waals surface area contributed by atoms with Crippen molar-refractivity contribution in [2.24, 2.45) is 4.99 Å². The van der Waals surface area contributed by atoms with Gasteiger partial charge in [-0.2, -0.15) is 0 Å². The fraction of sp³-hybridized carbons (Fsp3) is 0.529. The van der Waals surface area contributed by atoms with Crippen LogP contribution in [-0.2, 0) is 16.1 Å². The molecule has 0 spiro atoms. The highest BCUT2D eigenvalue weighted by Crippen LogP contribution is 1.99. The average Bonchev–Trinajstić information content (AvgIpc) is 2.49. The summed E-state index contributed by atoms with van der Waals surface area (Å²) in [5, 5.41) is 8.96. The van der Waals surface area contributed by atoms with Crippen LogP contribution in [0.3, 0.4) is 0 Å². The molecule has 7 heteroatoms. The number of aliphatic imine (C=N–C) groups is 1. The molecule has 0 fully saturated rings. The molecule has 0 bridgehead atoms. The molecule has 0 aromatic heterocycles. The first-order valence-electron chi connectivity index (χ1n) is 7.78. The Kier molecular flexibility index (Phi) is 11.4. The molecule has 1 amide bonds. The zero-order chi connectivity index (χ0) is 17.1. The molecule has 0 saturated carbocycles. The number of halogens is 1. The van der Waals surface area contributed by atoms with Gasteiger partial charge >= 0.3 is 0 Å². The first-order valence-corrected chi connectivity index (χ1v) is 7.78. The van der Waals surface area contributed by atoms with E-state index in [1.165, 1.54) is 0 Å². The number of nitrogens with zero attached hydrogens (tertiary/aromatic N) is 1. The van der Waals surface area contributed by atoms with Gasteiger partial charge < -0.3 is 20.7 Å². The molecule has 24 heavy (non-hydrogen) atoms. The van der Waals surface area contributed by atoms with Crippen LogP contribution in [0.1, 0.15) is 26.3 Å². The molecule has 0 atom stereocenters. The summed E-state index contributed by atoms with van der Waals surface area (Å²) in [6.45, 7) is 7.79. The van der Waals surface area contributed by atoms with Crippen molar-refractivity contribution in [1.82, 2.24) is 16.0 Å². The van der Waals surface area contributed by atoms with Crippen LogP contribution in [0.5, 0.6) is 0 Å². The summed E-state index contributed by atoms with van der Waals surface area (Å²) in [6, 6.07) is 10.0. The third-order valence-electron chi connectivity index (χ3n) is 2.80. The lowest BCUT2D eigenvalue weighted by atomic mass is 10.1. The van der Waals surface area contributed by atoms with Gasteiger partial charge in [-0.25, -0.2) is 0 Å². The maximum atomic E-state index is 11.7. The summed E-state index contributed by atoms with van der Waals surface area (Å²) >= 11 is 0. The van der Waals surface area contributed by atoms with Gasteiger partial charge in [0.25, 0.3) is 0 Å². The smallest absolute Gasteiger partial charge is 0.239 e. The average molecular weight is 448 g/mol. The molecule has 0 saturated heterocycles. The van der Waals surface area contributed by atoms with Crippen molar-refractivity contribution in [3.8, 4) is 0 Å². The van der Waals surface area contributed by atoms with Crippen LogP contribution >= 0.6 is 24.0 Å². The summed E-state index contributed by atoms with van der Waals surface area (Å²) in [6.07, 6.45) is 0. The summed E-state index contributed by atoms with van der Waals surface area (Å²) in [5.41, 5.74) is 0.912. The zero-order valence-corrected chi connectivity index (χ0v) is 17.2. The van der Waals surface area contributed by atoms with E-state index in [0.717, 1.165) is 5.56 Å². The highest BCUT2D eigenvalue weighted by atomic mass is 127. The Morgan fingerprint density at radius 1 is 1.17 bits per heavy atom. The van der Waals surface area contributed by atoms with E-state index in [-0.39, 0.29) is 42.0 Å². The van der Waals surface area contributed by atoms with E-state index >= 15 is 0 Å². The Labute approximate surface area is 161 Å². The van der Waals surface area contributed by atoms with E-state index in [0.29, 0.717) is 25.7 Å². The number of hydrogen-bond acceptors (Lipinski definition) is 3. The van der Waals surface area contributed by atoms with E-state index < -0.39 is 0 Å². The van der Waals surface area contributed by atoms with Crippen molar-refractivity contribution in [3.63, 3.8) is 0 Å². The van der Waals surface area contributed by atoms with Crippen LogP contribution in [-0.4, -0.2) is 44.1 Å². The lowest BCUT2D eigenvalue weighted by molar-refractivity contribution is -0.121. The summed E-state index contributed by atoms with van der Waals surface area (Å²) in [7, 11) is 1.67. The Morgan fingerprint density at radius 3 is 2.42 bits per heavy atom. The Morgan fingerprint density at radius 2 is 1.83 bits per heavy atom. The molecule has 136 valence electrons. The highest BCUT2D eigenvalue weighted by molar-refractivity contribution is 14.0. The van der Waals surface area contributed by atoms with Gasteiger partial charge in [-0.15, -0.1) is 24.0 Å². The minimum atomic E-state index is -0.235. The largest absolute Gasteiger partial charge is 0.375 e. The third-order valence-corrected chi connectivity index (χ3v) is 2.80. The molecule has 6 nitrogen and oxygen atoms in total. The Bertz CT molecular complexity index is 501. The number of amides is 1. The molecule has 0 aliphatic carbocycles. The maximum Gasteiger partial charge on any atom is 0.239 e. The number of carbonyl (C=O) groups excluding carboxylic acids is 1. The molecule has 1 rings (SSSR count). The lowest BCUT2D eigenvalue weighted by Gasteiger charge is -2.21.